The van der Waals surface area contributed by atoms with Crippen molar-refractivity contribution < 1.29 is 14.3 Å². The first-order chi connectivity index (χ1) is 16.0. The van der Waals surface area contributed by atoms with Gasteiger partial charge in [0.1, 0.15) is 10.8 Å². The number of amides is 1. The number of aromatic nitrogens is 1. The predicted octanol–water partition coefficient (Wildman–Crippen LogP) is 6.40. The number of aryl methyl sites for hydroxylation is 1. The van der Waals surface area contributed by atoms with E-state index in [1.54, 1.807) is 42.7 Å². The highest BCUT2D eigenvalue weighted by molar-refractivity contribution is 7.15. The molecule has 1 amide bonds. The lowest BCUT2D eigenvalue weighted by molar-refractivity contribution is -0.116. The second-order valence-corrected chi connectivity index (χ2v) is 8.77. The zero-order valence-electron chi connectivity index (χ0n) is 18.5. The Hall–Kier alpha value is -3.77. The van der Waals surface area contributed by atoms with Crippen LogP contribution in [0.3, 0.4) is 0 Å². The summed E-state index contributed by atoms with van der Waals surface area (Å²) in [7, 11) is 1.58. The molecule has 6 heteroatoms. The van der Waals surface area contributed by atoms with Crippen LogP contribution in [0.5, 0.6) is 5.75 Å². The molecule has 0 radical (unpaired) electrons. The molecule has 4 aromatic rings. The molecule has 0 aliphatic rings. The highest BCUT2D eigenvalue weighted by Crippen LogP contribution is 2.33. The predicted molar refractivity (Wildman–Crippen MR) is 133 cm³/mol. The molecule has 0 aliphatic heterocycles. The molecular formula is C27H24N2O3S. The average Bonchev–Trinajstić information content (AvgIpc) is 3.25. The number of anilines is 1. The minimum Gasteiger partial charge on any atom is -0.497 e. The largest absolute Gasteiger partial charge is 0.497 e. The number of ether oxygens (including phenoxy) is 1. The molecule has 4 rings (SSSR count). The molecule has 0 saturated carbocycles. The van der Waals surface area contributed by atoms with Crippen LogP contribution in [0.25, 0.3) is 21.8 Å². The molecule has 1 N–H and O–H groups in total. The Morgan fingerprint density at radius 1 is 0.879 bits per heavy atom. The number of rotatable bonds is 8. The summed E-state index contributed by atoms with van der Waals surface area (Å²) in [5.74, 6) is 0.425. The minimum atomic E-state index is -0.194. The van der Waals surface area contributed by atoms with E-state index in [-0.39, 0.29) is 24.5 Å². The summed E-state index contributed by atoms with van der Waals surface area (Å²) in [6, 6.07) is 24.6. The molecule has 0 fully saturated rings. The summed E-state index contributed by atoms with van der Waals surface area (Å²) in [4.78, 5) is 30.6. The molecule has 0 bridgehead atoms. The monoisotopic (exact) mass is 456 g/mol. The van der Waals surface area contributed by atoms with Crippen LogP contribution < -0.4 is 10.1 Å². The van der Waals surface area contributed by atoms with E-state index in [1.807, 2.05) is 42.5 Å². The molecule has 0 unspecified atom stereocenters. The number of nitrogens with one attached hydrogen (secondary N) is 1. The SMILES string of the molecule is COc1ccc(C(=O)CCC(=O)Nc2ccc(-c3nc(-c4ccccc4)sc3C)cc2)cc1. The fraction of sp³-hybridized carbons (Fsp3) is 0.148. The first-order valence-corrected chi connectivity index (χ1v) is 11.5. The summed E-state index contributed by atoms with van der Waals surface area (Å²) in [5.41, 5.74) is 4.31. The van der Waals surface area contributed by atoms with Crippen LogP contribution >= 0.6 is 11.3 Å². The molecule has 0 saturated heterocycles. The van der Waals surface area contributed by atoms with Crippen molar-refractivity contribution in [2.24, 2.45) is 0 Å². The van der Waals surface area contributed by atoms with E-state index >= 15 is 0 Å². The van der Waals surface area contributed by atoms with Gasteiger partial charge >= 0.3 is 0 Å². The number of nitrogens with zero attached hydrogens (tertiary/aromatic N) is 1. The van der Waals surface area contributed by atoms with Crippen LogP contribution in [-0.2, 0) is 4.79 Å². The van der Waals surface area contributed by atoms with Gasteiger partial charge in [0.05, 0.1) is 12.8 Å². The van der Waals surface area contributed by atoms with Crippen LogP contribution in [0.4, 0.5) is 5.69 Å². The maximum absolute atomic E-state index is 12.3. The van der Waals surface area contributed by atoms with Gasteiger partial charge in [0, 0.05) is 40.1 Å². The van der Waals surface area contributed by atoms with Crippen LogP contribution in [0.15, 0.2) is 78.9 Å². The number of carbonyl (C=O) groups excluding carboxylic acids is 2. The molecule has 0 spiro atoms. The Bertz CT molecular complexity index is 1250. The van der Waals surface area contributed by atoms with E-state index in [1.165, 1.54) is 0 Å². The Morgan fingerprint density at radius 3 is 2.24 bits per heavy atom. The Labute approximate surface area is 197 Å². The number of thiazole rings is 1. The van der Waals surface area contributed by atoms with E-state index in [4.69, 9.17) is 9.72 Å². The number of carbonyl (C=O) groups is 2. The fourth-order valence-electron chi connectivity index (χ4n) is 3.45. The van der Waals surface area contributed by atoms with Crippen LogP contribution in [0, 0.1) is 6.92 Å². The van der Waals surface area contributed by atoms with Crippen molar-refractivity contribution in [3.63, 3.8) is 0 Å². The molecule has 0 aliphatic carbocycles. The van der Waals surface area contributed by atoms with Crippen molar-refractivity contribution in [3.05, 3.63) is 89.3 Å². The second kappa shape index (κ2) is 10.2. The van der Waals surface area contributed by atoms with Gasteiger partial charge < -0.3 is 10.1 Å². The average molecular weight is 457 g/mol. The van der Waals surface area contributed by atoms with Gasteiger partial charge in [-0.15, -0.1) is 11.3 Å². The number of Topliss-reactive ketones (excluding diaryl/α,β-unsaturated/α-hetero) is 1. The molecule has 33 heavy (non-hydrogen) atoms. The van der Waals surface area contributed by atoms with Crippen LogP contribution in [0.1, 0.15) is 28.1 Å². The third kappa shape index (κ3) is 5.54. The lowest BCUT2D eigenvalue weighted by Gasteiger charge is -2.07. The molecule has 166 valence electrons. The quantitative estimate of drug-likeness (QED) is 0.312. The maximum Gasteiger partial charge on any atom is 0.224 e. The molecule has 0 atom stereocenters. The van der Waals surface area contributed by atoms with Crippen LogP contribution in [-0.4, -0.2) is 23.8 Å². The van der Waals surface area contributed by atoms with Gasteiger partial charge in [-0.1, -0.05) is 42.5 Å². The lowest BCUT2D eigenvalue weighted by atomic mass is 10.1. The summed E-state index contributed by atoms with van der Waals surface area (Å²) in [5, 5.41) is 3.85. The van der Waals surface area contributed by atoms with Crippen molar-refractivity contribution in [2.45, 2.75) is 19.8 Å². The zero-order valence-corrected chi connectivity index (χ0v) is 19.3. The van der Waals surface area contributed by atoms with Gasteiger partial charge in [0.2, 0.25) is 5.91 Å². The van der Waals surface area contributed by atoms with E-state index < -0.39 is 0 Å². The summed E-state index contributed by atoms with van der Waals surface area (Å²) in [6.07, 6.45) is 0.273. The highest BCUT2D eigenvalue weighted by Gasteiger charge is 2.13. The topological polar surface area (TPSA) is 68.3 Å². The summed E-state index contributed by atoms with van der Waals surface area (Å²) in [6.45, 7) is 2.06. The van der Waals surface area contributed by atoms with Gasteiger partial charge in [0.15, 0.2) is 5.78 Å². The third-order valence-corrected chi connectivity index (χ3v) is 6.27. The number of benzene rings is 3. The van der Waals surface area contributed by atoms with Gasteiger partial charge in [0.25, 0.3) is 0 Å². The van der Waals surface area contributed by atoms with Crippen LogP contribution in [0.2, 0.25) is 0 Å². The first kappa shape index (κ1) is 22.4. The fourth-order valence-corrected chi connectivity index (χ4v) is 4.39. The summed E-state index contributed by atoms with van der Waals surface area (Å²) < 4.78 is 5.10. The Morgan fingerprint density at radius 2 is 1.58 bits per heavy atom. The van der Waals surface area contributed by atoms with Crippen molar-refractivity contribution in [3.8, 4) is 27.6 Å². The smallest absolute Gasteiger partial charge is 0.224 e. The molecular weight excluding hydrogens is 432 g/mol. The van der Waals surface area contributed by atoms with E-state index in [0.717, 1.165) is 26.7 Å². The summed E-state index contributed by atoms with van der Waals surface area (Å²) >= 11 is 1.67. The van der Waals surface area contributed by atoms with E-state index in [9.17, 15) is 9.59 Å². The lowest BCUT2D eigenvalue weighted by Crippen LogP contribution is -2.13. The van der Waals surface area contributed by atoms with Gasteiger partial charge in [-0.25, -0.2) is 4.98 Å². The minimum absolute atomic E-state index is 0.0728. The number of hydrogen-bond donors (Lipinski definition) is 1. The van der Waals surface area contributed by atoms with Crippen molar-refractivity contribution in [1.29, 1.82) is 0 Å². The molecule has 3 aromatic carbocycles. The Kier molecular flexibility index (Phi) is 6.95. The number of hydrogen-bond acceptors (Lipinski definition) is 5. The third-order valence-electron chi connectivity index (χ3n) is 5.25. The van der Waals surface area contributed by atoms with Gasteiger partial charge in [-0.3, -0.25) is 9.59 Å². The standard InChI is InChI=1S/C27H24N2O3S/c1-18-26(29-27(33-18)21-6-4-3-5-7-21)20-8-12-22(13-9-20)28-25(31)17-16-24(30)19-10-14-23(32-2)15-11-19/h3-15H,16-17H2,1-2H3,(H,28,31). The molecule has 5 nitrogen and oxygen atoms in total. The zero-order chi connectivity index (χ0) is 23.2. The number of ketones is 1. The van der Waals surface area contributed by atoms with Crippen molar-refractivity contribution in [2.75, 3.05) is 12.4 Å². The van der Waals surface area contributed by atoms with E-state index in [2.05, 4.69) is 24.4 Å². The van der Waals surface area contributed by atoms with E-state index in [0.29, 0.717) is 17.0 Å². The Balaban J connectivity index is 1.35. The first-order valence-electron chi connectivity index (χ1n) is 10.6. The molecule has 1 heterocycles. The van der Waals surface area contributed by atoms with Gasteiger partial charge in [-0.05, 0) is 43.3 Å². The van der Waals surface area contributed by atoms with Crippen molar-refractivity contribution in [1.82, 2.24) is 4.98 Å². The van der Waals surface area contributed by atoms with Gasteiger partial charge in [-0.2, -0.15) is 0 Å². The normalized spacial score (nSPS) is 10.6. The highest BCUT2D eigenvalue weighted by atomic mass is 32.1. The molecule has 1 aromatic heterocycles. The van der Waals surface area contributed by atoms with Crippen molar-refractivity contribution >= 4 is 28.7 Å². The second-order valence-electron chi connectivity index (χ2n) is 7.57. The maximum atomic E-state index is 12.3. The number of methoxy groups -OCH3 is 1.